The van der Waals surface area contributed by atoms with Gasteiger partial charge in [0.25, 0.3) is 5.69 Å². The molecule has 0 saturated heterocycles. The molecule has 0 radical (unpaired) electrons. The van der Waals surface area contributed by atoms with Gasteiger partial charge in [-0.05, 0) is 44.5 Å². The number of nitrogens with zero attached hydrogens (tertiary/aromatic N) is 2. The van der Waals surface area contributed by atoms with Gasteiger partial charge in [0.15, 0.2) is 0 Å². The van der Waals surface area contributed by atoms with Crippen molar-refractivity contribution in [1.29, 1.82) is 0 Å². The number of nitro benzene ring substituents is 1. The van der Waals surface area contributed by atoms with E-state index >= 15 is 0 Å². The second-order valence-electron chi connectivity index (χ2n) is 6.75. The quantitative estimate of drug-likeness (QED) is 0.372. The molecular weight excluding hydrogens is 426 g/mol. The first kappa shape index (κ1) is 23.8. The lowest BCUT2D eigenvalue weighted by Crippen LogP contribution is -2.45. The number of hydrogen-bond donors (Lipinski definition) is 1. The van der Waals surface area contributed by atoms with Gasteiger partial charge in [-0.3, -0.25) is 19.2 Å². The fraction of sp³-hybridized carbons (Fsp3) is 0.300. The van der Waals surface area contributed by atoms with E-state index in [-0.39, 0.29) is 23.5 Å². The van der Waals surface area contributed by atoms with E-state index in [4.69, 9.17) is 4.74 Å². The average Bonchev–Trinajstić information content (AvgIpc) is 2.69. The molecule has 0 heterocycles. The van der Waals surface area contributed by atoms with Gasteiger partial charge in [-0.15, -0.1) is 0 Å². The lowest BCUT2D eigenvalue weighted by atomic mass is 10.1. The molecule has 10 nitrogen and oxygen atoms in total. The molecule has 0 saturated carbocycles. The monoisotopic (exact) mass is 449 g/mol. The lowest BCUT2D eigenvalue weighted by molar-refractivity contribution is -0.384. The molecule has 1 atom stereocenters. The van der Waals surface area contributed by atoms with Crippen LogP contribution in [0.15, 0.2) is 42.5 Å². The van der Waals surface area contributed by atoms with Crippen LogP contribution in [-0.2, 0) is 19.6 Å². The minimum Gasteiger partial charge on any atom is -0.462 e. The number of hydrogen-bond acceptors (Lipinski definition) is 7. The van der Waals surface area contributed by atoms with Crippen LogP contribution >= 0.6 is 0 Å². The van der Waals surface area contributed by atoms with E-state index in [1.807, 2.05) is 0 Å². The summed E-state index contributed by atoms with van der Waals surface area (Å²) in [5, 5.41) is 13.7. The van der Waals surface area contributed by atoms with Crippen molar-refractivity contribution < 1.29 is 27.7 Å². The third-order valence-electron chi connectivity index (χ3n) is 4.39. The Bertz CT molecular complexity index is 1120. The summed E-state index contributed by atoms with van der Waals surface area (Å²) >= 11 is 0. The standard InChI is InChI=1S/C20H23N3O7S/c1-5-30-20(25)15-10-9-13(2)18(11-15)21-19(24)14(3)22(31(4,28)29)16-7-6-8-17(12-16)23(26)27/h6-12,14H,5H2,1-4H3,(H,21,24)/t14-/m1/s1. The zero-order valence-electron chi connectivity index (χ0n) is 17.5. The molecule has 0 bridgehead atoms. The maximum Gasteiger partial charge on any atom is 0.338 e. The summed E-state index contributed by atoms with van der Waals surface area (Å²) < 4.78 is 30.6. The Morgan fingerprint density at radius 1 is 1.23 bits per heavy atom. The summed E-state index contributed by atoms with van der Waals surface area (Å²) in [6, 6.07) is 8.39. The van der Waals surface area contributed by atoms with E-state index in [2.05, 4.69) is 5.32 Å². The van der Waals surface area contributed by atoms with E-state index in [0.717, 1.165) is 16.6 Å². The SMILES string of the molecule is CCOC(=O)c1ccc(C)c(NC(=O)[C@@H](C)N(c2cccc([N+](=O)[O-])c2)S(C)(=O)=O)c1. The summed E-state index contributed by atoms with van der Waals surface area (Å²) in [5.41, 5.74) is 0.867. The molecule has 2 aromatic carbocycles. The minimum absolute atomic E-state index is 0.0173. The van der Waals surface area contributed by atoms with E-state index in [9.17, 15) is 28.1 Å². The first-order valence-electron chi connectivity index (χ1n) is 9.28. The highest BCUT2D eigenvalue weighted by atomic mass is 32.2. The predicted octanol–water partition coefficient (Wildman–Crippen LogP) is 2.87. The summed E-state index contributed by atoms with van der Waals surface area (Å²) in [4.78, 5) is 35.3. The van der Waals surface area contributed by atoms with E-state index < -0.39 is 32.9 Å². The lowest BCUT2D eigenvalue weighted by Gasteiger charge is -2.28. The highest BCUT2D eigenvalue weighted by Crippen LogP contribution is 2.26. The smallest absolute Gasteiger partial charge is 0.338 e. The number of nitrogens with one attached hydrogen (secondary N) is 1. The second-order valence-corrected chi connectivity index (χ2v) is 8.61. The van der Waals surface area contributed by atoms with Crippen LogP contribution in [-0.4, -0.2) is 44.1 Å². The molecule has 0 spiro atoms. The number of non-ortho nitro benzene ring substituents is 1. The van der Waals surface area contributed by atoms with Gasteiger partial charge >= 0.3 is 5.97 Å². The van der Waals surface area contributed by atoms with Crippen LogP contribution < -0.4 is 9.62 Å². The van der Waals surface area contributed by atoms with Crippen molar-refractivity contribution in [3.05, 3.63) is 63.7 Å². The van der Waals surface area contributed by atoms with Crippen molar-refractivity contribution in [2.75, 3.05) is 22.5 Å². The van der Waals surface area contributed by atoms with Crippen LogP contribution in [0.2, 0.25) is 0 Å². The highest BCUT2D eigenvalue weighted by molar-refractivity contribution is 7.92. The third kappa shape index (κ3) is 5.79. The van der Waals surface area contributed by atoms with E-state index in [1.54, 1.807) is 26.0 Å². The van der Waals surface area contributed by atoms with Crippen molar-refractivity contribution in [3.8, 4) is 0 Å². The van der Waals surface area contributed by atoms with Crippen LogP contribution in [0.5, 0.6) is 0 Å². The van der Waals surface area contributed by atoms with Gasteiger partial charge < -0.3 is 10.1 Å². The van der Waals surface area contributed by atoms with E-state index in [0.29, 0.717) is 11.3 Å². The zero-order valence-corrected chi connectivity index (χ0v) is 18.3. The van der Waals surface area contributed by atoms with Gasteiger partial charge in [-0.1, -0.05) is 12.1 Å². The Labute approximate surface area is 180 Å². The van der Waals surface area contributed by atoms with Gasteiger partial charge in [0.1, 0.15) is 6.04 Å². The largest absolute Gasteiger partial charge is 0.462 e. The summed E-state index contributed by atoms with van der Waals surface area (Å²) in [7, 11) is -3.96. The van der Waals surface area contributed by atoms with Gasteiger partial charge in [-0.25, -0.2) is 13.2 Å². The molecule has 0 fully saturated rings. The number of nitro groups is 1. The minimum atomic E-state index is -3.96. The first-order valence-corrected chi connectivity index (χ1v) is 11.1. The average molecular weight is 449 g/mol. The summed E-state index contributed by atoms with van der Waals surface area (Å²) in [5.74, 6) is -1.23. The number of esters is 1. The van der Waals surface area contributed by atoms with Gasteiger partial charge in [0.05, 0.1) is 29.0 Å². The van der Waals surface area contributed by atoms with Gasteiger partial charge in [0, 0.05) is 17.8 Å². The van der Waals surface area contributed by atoms with Crippen molar-refractivity contribution >= 4 is 39.0 Å². The molecule has 31 heavy (non-hydrogen) atoms. The van der Waals surface area contributed by atoms with Gasteiger partial charge in [-0.2, -0.15) is 0 Å². The Kier molecular flexibility index (Phi) is 7.34. The van der Waals surface area contributed by atoms with Crippen LogP contribution in [0.3, 0.4) is 0 Å². The predicted molar refractivity (Wildman–Crippen MR) is 116 cm³/mol. The molecule has 0 aliphatic rings. The molecule has 1 N–H and O–H groups in total. The molecule has 2 rings (SSSR count). The van der Waals surface area contributed by atoms with Crippen LogP contribution in [0, 0.1) is 17.0 Å². The maximum atomic E-state index is 12.9. The number of amides is 1. The number of ether oxygens (including phenoxy) is 1. The van der Waals surface area contributed by atoms with Crippen LogP contribution in [0.25, 0.3) is 0 Å². The van der Waals surface area contributed by atoms with Crippen LogP contribution in [0.4, 0.5) is 17.1 Å². The van der Waals surface area contributed by atoms with Crippen molar-refractivity contribution in [1.82, 2.24) is 0 Å². The normalized spacial score (nSPS) is 12.0. The highest BCUT2D eigenvalue weighted by Gasteiger charge is 2.30. The number of aryl methyl sites for hydroxylation is 1. The van der Waals surface area contributed by atoms with Gasteiger partial charge in [0.2, 0.25) is 15.9 Å². The molecule has 166 valence electrons. The molecule has 0 aromatic heterocycles. The zero-order chi connectivity index (χ0) is 23.3. The summed E-state index contributed by atoms with van der Waals surface area (Å²) in [6.07, 6.45) is 0.905. The molecule has 0 unspecified atom stereocenters. The Morgan fingerprint density at radius 2 is 1.90 bits per heavy atom. The second kappa shape index (κ2) is 9.56. The number of rotatable bonds is 8. The third-order valence-corrected chi connectivity index (χ3v) is 5.63. The molecule has 1 amide bonds. The molecular formula is C20H23N3O7S. The summed E-state index contributed by atoms with van der Waals surface area (Å²) in [6.45, 7) is 4.94. The molecule has 2 aromatic rings. The van der Waals surface area contributed by atoms with Crippen molar-refractivity contribution in [2.24, 2.45) is 0 Å². The first-order chi connectivity index (χ1) is 14.5. The number of anilines is 2. The van der Waals surface area contributed by atoms with Crippen molar-refractivity contribution in [3.63, 3.8) is 0 Å². The number of carbonyl (C=O) groups is 2. The molecule has 11 heteroatoms. The maximum absolute atomic E-state index is 12.9. The Hall–Kier alpha value is -3.47. The Balaban J connectivity index is 2.37. The number of benzene rings is 2. The Morgan fingerprint density at radius 3 is 2.48 bits per heavy atom. The van der Waals surface area contributed by atoms with Crippen molar-refractivity contribution in [2.45, 2.75) is 26.8 Å². The molecule has 0 aliphatic heterocycles. The number of sulfonamides is 1. The topological polar surface area (TPSA) is 136 Å². The van der Waals surface area contributed by atoms with Crippen LogP contribution in [0.1, 0.15) is 29.8 Å². The fourth-order valence-corrected chi connectivity index (χ4v) is 4.05. The molecule has 0 aliphatic carbocycles. The number of carbonyl (C=O) groups excluding carboxylic acids is 2. The van der Waals surface area contributed by atoms with E-state index in [1.165, 1.54) is 31.2 Å². The fourth-order valence-electron chi connectivity index (χ4n) is 2.89.